The van der Waals surface area contributed by atoms with Gasteiger partial charge in [0.15, 0.2) is 0 Å². The van der Waals surface area contributed by atoms with Gasteiger partial charge in [0.25, 0.3) is 0 Å². The first-order chi connectivity index (χ1) is 28.5. The molecule has 0 fully saturated rings. The predicted octanol–water partition coefficient (Wildman–Crippen LogP) is 15.3. The minimum atomic E-state index is -0.782. The third-order valence-corrected chi connectivity index (χ3v) is 12.1. The Hall–Kier alpha value is -1.40. The third-order valence-electron chi connectivity index (χ3n) is 12.1. The third kappa shape index (κ3) is 41.3. The number of aliphatic hydroxyl groups is 2. The second kappa shape index (κ2) is 46.7. The van der Waals surface area contributed by atoms with Gasteiger partial charge < -0.3 is 20.3 Å². The zero-order chi connectivity index (χ0) is 42.4. The monoisotopic (exact) mass is 820 g/mol. The Labute approximate surface area is 361 Å². The largest absolute Gasteiger partial charge is 0.462 e. The molecule has 0 rings (SSSR count). The minimum Gasteiger partial charge on any atom is -0.462 e. The van der Waals surface area contributed by atoms with Gasteiger partial charge in [0.05, 0.1) is 25.2 Å². The van der Waals surface area contributed by atoms with Crippen molar-refractivity contribution in [1.82, 2.24) is 5.32 Å². The summed E-state index contributed by atoms with van der Waals surface area (Å²) in [5.74, 6) is -0.471. The molecular weight excluding hydrogens is 719 g/mol. The van der Waals surface area contributed by atoms with Gasteiger partial charge in [-0.2, -0.15) is 0 Å². The number of allylic oxidation sites excluding steroid dienone is 2. The van der Waals surface area contributed by atoms with E-state index in [-0.39, 0.29) is 24.9 Å². The molecule has 0 spiro atoms. The molecule has 1 amide bonds. The van der Waals surface area contributed by atoms with Crippen LogP contribution in [0.3, 0.4) is 0 Å². The Kier molecular flexibility index (Phi) is 45.5. The Morgan fingerprint density at radius 1 is 0.483 bits per heavy atom. The number of hydrogen-bond donors (Lipinski definition) is 3. The van der Waals surface area contributed by atoms with E-state index in [4.69, 9.17) is 4.74 Å². The Morgan fingerprint density at radius 2 is 0.828 bits per heavy atom. The van der Waals surface area contributed by atoms with Crippen molar-refractivity contribution in [3.05, 3.63) is 12.2 Å². The lowest BCUT2D eigenvalue weighted by atomic mass is 10.0. The van der Waals surface area contributed by atoms with E-state index in [9.17, 15) is 19.8 Å². The first kappa shape index (κ1) is 56.6. The molecule has 0 aromatic rings. The van der Waals surface area contributed by atoms with Gasteiger partial charge in [-0.05, 0) is 51.4 Å². The lowest BCUT2D eigenvalue weighted by molar-refractivity contribution is -0.151. The second-order valence-corrected chi connectivity index (χ2v) is 17.9. The lowest BCUT2D eigenvalue weighted by Crippen LogP contribution is -2.46. The first-order valence-electron chi connectivity index (χ1n) is 25.9. The van der Waals surface area contributed by atoms with Gasteiger partial charge >= 0.3 is 5.97 Å². The van der Waals surface area contributed by atoms with E-state index in [2.05, 4.69) is 38.2 Å². The molecule has 0 bridgehead atoms. The Bertz CT molecular complexity index is 878. The number of esters is 1. The van der Waals surface area contributed by atoms with Crippen molar-refractivity contribution >= 4 is 11.9 Å². The van der Waals surface area contributed by atoms with Gasteiger partial charge in [-0.1, -0.05) is 232 Å². The summed E-state index contributed by atoms with van der Waals surface area (Å²) < 4.78 is 5.91. The number of aliphatic hydroxyl groups excluding tert-OH is 2. The van der Waals surface area contributed by atoms with Crippen LogP contribution in [0.25, 0.3) is 0 Å². The van der Waals surface area contributed by atoms with Crippen LogP contribution in [0.4, 0.5) is 0 Å². The highest BCUT2D eigenvalue weighted by Crippen LogP contribution is 2.18. The highest BCUT2D eigenvalue weighted by molar-refractivity contribution is 5.77. The fraction of sp³-hybridized carbons (Fsp3) is 0.923. The molecule has 344 valence electrons. The number of carbonyl (C=O) groups excluding carboxylic acids is 2. The minimum absolute atomic E-state index is 0.0802. The summed E-state index contributed by atoms with van der Waals surface area (Å²) in [4.78, 5) is 26.0. The lowest BCUT2D eigenvalue weighted by Gasteiger charge is -2.24. The zero-order valence-corrected chi connectivity index (χ0v) is 39.2. The van der Waals surface area contributed by atoms with Crippen molar-refractivity contribution in [2.24, 2.45) is 0 Å². The molecule has 0 saturated carbocycles. The van der Waals surface area contributed by atoms with E-state index in [1.54, 1.807) is 0 Å². The fourth-order valence-electron chi connectivity index (χ4n) is 8.13. The standard InChI is InChI=1S/C52H101NO5/c1-4-7-10-13-16-19-21-23-24-25-26-27-29-31-33-36-39-42-45-52(57)58-48(43-40-37-34-18-15-12-9-6-3)46-51(56)53-49(47-54)50(55)44-41-38-35-32-30-28-22-20-17-14-11-8-5-2/h26-27,48-50,54-55H,4-25,28-47H2,1-3H3,(H,53,56)/b27-26+. The number of amides is 1. The van der Waals surface area contributed by atoms with Gasteiger partial charge in [0.1, 0.15) is 6.10 Å². The molecule has 0 aliphatic heterocycles. The topological polar surface area (TPSA) is 95.9 Å². The van der Waals surface area contributed by atoms with Gasteiger partial charge in [-0.15, -0.1) is 0 Å². The molecular formula is C52H101NO5. The van der Waals surface area contributed by atoms with Crippen LogP contribution in [0, 0.1) is 0 Å². The van der Waals surface area contributed by atoms with Crippen LogP contribution in [-0.2, 0) is 14.3 Å². The van der Waals surface area contributed by atoms with Crippen LogP contribution < -0.4 is 5.32 Å². The molecule has 0 aromatic carbocycles. The maximum atomic E-state index is 13.1. The summed E-state index contributed by atoms with van der Waals surface area (Å²) in [5, 5.41) is 23.7. The summed E-state index contributed by atoms with van der Waals surface area (Å²) in [7, 11) is 0. The molecule has 0 aromatic heterocycles. The fourth-order valence-corrected chi connectivity index (χ4v) is 8.13. The van der Waals surface area contributed by atoms with Crippen LogP contribution in [0.1, 0.15) is 284 Å². The van der Waals surface area contributed by atoms with E-state index in [0.717, 1.165) is 51.4 Å². The van der Waals surface area contributed by atoms with Gasteiger partial charge in [-0.3, -0.25) is 9.59 Å². The van der Waals surface area contributed by atoms with E-state index in [1.165, 1.54) is 186 Å². The molecule has 0 radical (unpaired) electrons. The molecule has 3 unspecified atom stereocenters. The first-order valence-corrected chi connectivity index (χ1v) is 25.9. The number of unbranched alkanes of at least 4 members (excludes halogenated alkanes) is 33. The van der Waals surface area contributed by atoms with Crippen LogP contribution in [0.5, 0.6) is 0 Å². The van der Waals surface area contributed by atoms with Crippen molar-refractivity contribution in [3.8, 4) is 0 Å². The SMILES string of the molecule is CCCCCCCCCCC/C=C/CCCCCCCC(=O)OC(CCCCCCCCCC)CC(=O)NC(CO)C(O)CCCCCCCCCCCCCCC. The quantitative estimate of drug-likeness (QED) is 0.0323. The van der Waals surface area contributed by atoms with Gasteiger partial charge in [0, 0.05) is 6.42 Å². The average molecular weight is 820 g/mol. The molecule has 0 aliphatic carbocycles. The van der Waals surface area contributed by atoms with Crippen LogP contribution in [0.2, 0.25) is 0 Å². The summed E-state index contributed by atoms with van der Waals surface area (Å²) in [6.45, 7) is 6.48. The summed E-state index contributed by atoms with van der Waals surface area (Å²) in [6, 6.07) is -0.695. The second-order valence-electron chi connectivity index (χ2n) is 17.9. The molecule has 58 heavy (non-hydrogen) atoms. The molecule has 3 atom stereocenters. The smallest absolute Gasteiger partial charge is 0.306 e. The van der Waals surface area contributed by atoms with Crippen LogP contribution in [-0.4, -0.2) is 46.9 Å². The normalized spacial score (nSPS) is 13.3. The predicted molar refractivity (Wildman–Crippen MR) is 250 cm³/mol. The number of rotatable bonds is 47. The maximum absolute atomic E-state index is 13.1. The number of ether oxygens (including phenoxy) is 1. The highest BCUT2D eigenvalue weighted by Gasteiger charge is 2.24. The van der Waals surface area contributed by atoms with Gasteiger partial charge in [0.2, 0.25) is 5.91 Å². The van der Waals surface area contributed by atoms with Crippen molar-refractivity contribution < 1.29 is 24.5 Å². The number of hydrogen-bond acceptors (Lipinski definition) is 5. The van der Waals surface area contributed by atoms with E-state index in [0.29, 0.717) is 19.3 Å². The van der Waals surface area contributed by atoms with Crippen molar-refractivity contribution in [3.63, 3.8) is 0 Å². The van der Waals surface area contributed by atoms with E-state index < -0.39 is 18.2 Å². The van der Waals surface area contributed by atoms with Crippen LogP contribution in [0.15, 0.2) is 12.2 Å². The molecule has 6 heteroatoms. The molecule has 3 N–H and O–H groups in total. The summed E-state index contributed by atoms with van der Waals surface area (Å²) in [5.41, 5.74) is 0. The van der Waals surface area contributed by atoms with Gasteiger partial charge in [-0.25, -0.2) is 0 Å². The molecule has 6 nitrogen and oxygen atoms in total. The van der Waals surface area contributed by atoms with Crippen molar-refractivity contribution in [2.75, 3.05) is 6.61 Å². The summed E-state index contributed by atoms with van der Waals surface area (Å²) >= 11 is 0. The van der Waals surface area contributed by atoms with Crippen molar-refractivity contribution in [2.45, 2.75) is 302 Å². The van der Waals surface area contributed by atoms with Crippen molar-refractivity contribution in [1.29, 1.82) is 0 Å². The summed E-state index contributed by atoms with van der Waals surface area (Å²) in [6.07, 6.45) is 51.4. The van der Waals surface area contributed by atoms with E-state index in [1.807, 2.05) is 0 Å². The van der Waals surface area contributed by atoms with Crippen LogP contribution >= 0.6 is 0 Å². The average Bonchev–Trinajstić information content (AvgIpc) is 3.22. The molecule has 0 aliphatic rings. The Morgan fingerprint density at radius 3 is 1.22 bits per heavy atom. The molecule has 0 heterocycles. The highest BCUT2D eigenvalue weighted by atomic mass is 16.5. The maximum Gasteiger partial charge on any atom is 0.306 e. The Balaban J connectivity index is 4.38. The number of nitrogens with one attached hydrogen (secondary N) is 1. The van der Waals surface area contributed by atoms with E-state index >= 15 is 0 Å². The molecule has 0 saturated heterocycles. The number of carbonyl (C=O) groups is 2. The zero-order valence-electron chi connectivity index (χ0n) is 39.2.